The molecule has 0 aliphatic carbocycles. The molecule has 0 heterocycles. The Balaban J connectivity index is 0.00000576. The van der Waals surface area contributed by atoms with E-state index in [2.05, 4.69) is 20.9 Å². The van der Waals surface area contributed by atoms with Gasteiger partial charge in [-0.2, -0.15) is 0 Å². The topological polar surface area (TPSA) is 74.8 Å². The smallest absolute Gasteiger partial charge is 0.251 e. The highest BCUT2D eigenvalue weighted by molar-refractivity contribution is 14.0. The Kier molecular flexibility index (Phi) is 11.4. The standard InChI is InChI=1S/C18H30N4O2.HI/c1-6-20-17(22-13-18(2,3)24-5)21-11-10-14-8-7-9-15(12-14)16(23)19-4;/h7-9,12H,6,10-11,13H2,1-5H3,(H,19,23)(H2,20,21,22);1H. The second-order valence-electron chi connectivity index (χ2n) is 6.12. The van der Waals surface area contributed by atoms with Gasteiger partial charge in [0, 0.05) is 32.8 Å². The highest BCUT2D eigenvalue weighted by Gasteiger charge is 2.15. The van der Waals surface area contributed by atoms with E-state index in [0.717, 1.165) is 31.0 Å². The molecule has 0 radical (unpaired) electrons. The zero-order chi connectivity index (χ0) is 18.0. The number of rotatable bonds is 8. The number of hydrogen-bond donors (Lipinski definition) is 3. The summed E-state index contributed by atoms with van der Waals surface area (Å²) in [6.07, 6.45) is 0.808. The first-order chi connectivity index (χ1) is 11.4. The molecule has 0 bridgehead atoms. The van der Waals surface area contributed by atoms with Crippen molar-refractivity contribution in [3.63, 3.8) is 0 Å². The van der Waals surface area contributed by atoms with Crippen LogP contribution in [-0.2, 0) is 11.2 Å². The average molecular weight is 462 g/mol. The van der Waals surface area contributed by atoms with Crippen LogP contribution >= 0.6 is 24.0 Å². The average Bonchev–Trinajstić information content (AvgIpc) is 2.59. The Bertz CT molecular complexity index is 562. The maximum Gasteiger partial charge on any atom is 0.251 e. The third kappa shape index (κ3) is 9.06. The molecule has 0 unspecified atom stereocenters. The van der Waals surface area contributed by atoms with Crippen molar-refractivity contribution in [2.75, 3.05) is 33.8 Å². The molecule has 1 aromatic carbocycles. The molecule has 1 aromatic rings. The third-order valence-electron chi connectivity index (χ3n) is 3.64. The number of amides is 1. The van der Waals surface area contributed by atoms with Crippen molar-refractivity contribution in [3.8, 4) is 0 Å². The molecule has 1 rings (SSSR count). The van der Waals surface area contributed by atoms with Gasteiger partial charge in [-0.1, -0.05) is 12.1 Å². The summed E-state index contributed by atoms with van der Waals surface area (Å²) in [5.41, 5.74) is 1.50. The molecule has 0 aliphatic heterocycles. The first kappa shape index (κ1) is 23.6. The zero-order valence-electron chi connectivity index (χ0n) is 15.8. The van der Waals surface area contributed by atoms with Gasteiger partial charge in [0.15, 0.2) is 5.96 Å². The summed E-state index contributed by atoms with van der Waals surface area (Å²) in [5.74, 6) is 0.701. The number of ether oxygens (including phenoxy) is 1. The Morgan fingerprint density at radius 2 is 2.00 bits per heavy atom. The van der Waals surface area contributed by atoms with E-state index in [0.29, 0.717) is 12.1 Å². The fraction of sp³-hybridized carbons (Fsp3) is 0.556. The molecule has 0 saturated carbocycles. The minimum absolute atomic E-state index is 0. The molecule has 25 heavy (non-hydrogen) atoms. The molecule has 0 aliphatic rings. The van der Waals surface area contributed by atoms with Crippen molar-refractivity contribution in [2.45, 2.75) is 32.8 Å². The fourth-order valence-electron chi connectivity index (χ4n) is 2.01. The summed E-state index contributed by atoms with van der Waals surface area (Å²) >= 11 is 0. The highest BCUT2D eigenvalue weighted by Crippen LogP contribution is 2.07. The van der Waals surface area contributed by atoms with Crippen molar-refractivity contribution in [2.24, 2.45) is 4.99 Å². The fourth-order valence-corrected chi connectivity index (χ4v) is 2.01. The van der Waals surface area contributed by atoms with Crippen molar-refractivity contribution in [1.29, 1.82) is 0 Å². The van der Waals surface area contributed by atoms with Gasteiger partial charge in [-0.05, 0) is 44.9 Å². The molecule has 0 spiro atoms. The van der Waals surface area contributed by atoms with E-state index in [1.165, 1.54) is 0 Å². The van der Waals surface area contributed by atoms with E-state index in [4.69, 9.17) is 4.74 Å². The van der Waals surface area contributed by atoms with Crippen LogP contribution in [0.25, 0.3) is 0 Å². The summed E-state index contributed by atoms with van der Waals surface area (Å²) < 4.78 is 5.39. The van der Waals surface area contributed by atoms with Crippen LogP contribution in [0.15, 0.2) is 29.3 Å². The summed E-state index contributed by atoms with van der Waals surface area (Å²) in [6, 6.07) is 7.65. The van der Waals surface area contributed by atoms with E-state index >= 15 is 0 Å². The lowest BCUT2D eigenvalue weighted by Gasteiger charge is -2.21. The van der Waals surface area contributed by atoms with Gasteiger partial charge >= 0.3 is 0 Å². The minimum atomic E-state index is -0.288. The predicted molar refractivity (Wildman–Crippen MR) is 114 cm³/mol. The van der Waals surface area contributed by atoms with Crippen LogP contribution in [0.3, 0.4) is 0 Å². The molecular formula is C18H31IN4O2. The quantitative estimate of drug-likeness (QED) is 0.315. The van der Waals surface area contributed by atoms with Gasteiger partial charge in [-0.15, -0.1) is 24.0 Å². The summed E-state index contributed by atoms with van der Waals surface area (Å²) in [7, 11) is 3.33. The lowest BCUT2D eigenvalue weighted by Crippen LogP contribution is -2.40. The van der Waals surface area contributed by atoms with Crippen LogP contribution in [0.4, 0.5) is 0 Å². The van der Waals surface area contributed by atoms with Crippen molar-refractivity contribution in [1.82, 2.24) is 16.0 Å². The number of halogens is 1. The number of hydrogen-bond acceptors (Lipinski definition) is 3. The van der Waals surface area contributed by atoms with E-state index in [-0.39, 0.29) is 35.5 Å². The molecule has 3 N–H and O–H groups in total. The van der Waals surface area contributed by atoms with Crippen molar-refractivity contribution < 1.29 is 9.53 Å². The lowest BCUT2D eigenvalue weighted by atomic mass is 10.1. The van der Waals surface area contributed by atoms with Crippen molar-refractivity contribution in [3.05, 3.63) is 35.4 Å². The lowest BCUT2D eigenvalue weighted by molar-refractivity contribution is 0.0310. The summed E-state index contributed by atoms with van der Waals surface area (Å²) in [6.45, 7) is 8.15. The maximum atomic E-state index is 11.7. The molecule has 1 amide bonds. The predicted octanol–water partition coefficient (Wildman–Crippen LogP) is 2.19. The molecule has 7 heteroatoms. The summed E-state index contributed by atoms with van der Waals surface area (Å²) in [5, 5.41) is 9.18. The molecular weight excluding hydrogens is 431 g/mol. The number of nitrogens with one attached hydrogen (secondary N) is 3. The Morgan fingerprint density at radius 1 is 1.28 bits per heavy atom. The van der Waals surface area contributed by atoms with Gasteiger partial charge in [-0.3, -0.25) is 9.79 Å². The first-order valence-electron chi connectivity index (χ1n) is 8.30. The van der Waals surface area contributed by atoms with Crippen LogP contribution < -0.4 is 16.0 Å². The molecule has 0 aromatic heterocycles. The van der Waals surface area contributed by atoms with Gasteiger partial charge in [0.05, 0.1) is 12.1 Å². The third-order valence-corrected chi connectivity index (χ3v) is 3.64. The number of methoxy groups -OCH3 is 1. The number of carbonyl (C=O) groups is 1. The number of carbonyl (C=O) groups excluding carboxylic acids is 1. The van der Waals surface area contributed by atoms with E-state index < -0.39 is 0 Å². The van der Waals surface area contributed by atoms with Gasteiger partial charge in [0.2, 0.25) is 0 Å². The Labute approximate surface area is 168 Å². The molecule has 142 valence electrons. The van der Waals surface area contributed by atoms with Crippen LogP contribution in [0.1, 0.15) is 36.7 Å². The monoisotopic (exact) mass is 462 g/mol. The van der Waals surface area contributed by atoms with Crippen LogP contribution in [0.2, 0.25) is 0 Å². The SMILES string of the molecule is CCNC(=NCC(C)(C)OC)NCCc1cccc(C(=O)NC)c1.I. The first-order valence-corrected chi connectivity index (χ1v) is 8.30. The highest BCUT2D eigenvalue weighted by atomic mass is 127. The largest absolute Gasteiger partial charge is 0.377 e. The minimum Gasteiger partial charge on any atom is -0.377 e. The van der Waals surface area contributed by atoms with E-state index in [9.17, 15) is 4.79 Å². The van der Waals surface area contributed by atoms with Gasteiger partial charge < -0.3 is 20.7 Å². The number of nitrogens with zero attached hydrogens (tertiary/aromatic N) is 1. The number of benzene rings is 1. The Hall–Kier alpha value is -1.35. The summed E-state index contributed by atoms with van der Waals surface area (Å²) in [4.78, 5) is 16.2. The Morgan fingerprint density at radius 3 is 2.60 bits per heavy atom. The van der Waals surface area contributed by atoms with E-state index in [1.807, 2.05) is 45.0 Å². The van der Waals surface area contributed by atoms with Gasteiger partial charge in [0.1, 0.15) is 0 Å². The van der Waals surface area contributed by atoms with Gasteiger partial charge in [-0.25, -0.2) is 0 Å². The van der Waals surface area contributed by atoms with Crippen LogP contribution in [-0.4, -0.2) is 51.3 Å². The number of aliphatic imine (C=N–C) groups is 1. The van der Waals surface area contributed by atoms with E-state index in [1.54, 1.807) is 14.2 Å². The zero-order valence-corrected chi connectivity index (χ0v) is 18.1. The molecule has 0 fully saturated rings. The second kappa shape index (κ2) is 12.1. The maximum absolute atomic E-state index is 11.7. The second-order valence-corrected chi connectivity index (χ2v) is 6.12. The van der Waals surface area contributed by atoms with Crippen LogP contribution in [0.5, 0.6) is 0 Å². The molecule has 0 atom stereocenters. The molecule has 0 saturated heterocycles. The molecule has 6 nitrogen and oxygen atoms in total. The van der Waals surface area contributed by atoms with Crippen molar-refractivity contribution >= 4 is 35.8 Å². The van der Waals surface area contributed by atoms with Gasteiger partial charge in [0.25, 0.3) is 5.91 Å². The van der Waals surface area contributed by atoms with Crippen LogP contribution in [0, 0.1) is 0 Å². The number of guanidine groups is 1. The normalized spacial score (nSPS) is 11.5.